The minimum Gasteiger partial charge on any atom is -0.379 e. The van der Waals surface area contributed by atoms with Crippen molar-refractivity contribution in [2.45, 2.75) is 6.18 Å². The van der Waals surface area contributed by atoms with E-state index in [4.69, 9.17) is 5.73 Å². The first-order valence-electron chi connectivity index (χ1n) is 6.39. The Bertz CT molecular complexity index is 1010. The molecule has 0 radical (unpaired) electrons. The van der Waals surface area contributed by atoms with Gasteiger partial charge in [0.1, 0.15) is 5.65 Å². The van der Waals surface area contributed by atoms with Gasteiger partial charge in [-0.3, -0.25) is 9.78 Å². The Morgan fingerprint density at radius 1 is 1.33 bits per heavy atom. The van der Waals surface area contributed by atoms with Crippen molar-refractivity contribution in [1.82, 2.24) is 19.4 Å². The van der Waals surface area contributed by atoms with Crippen LogP contribution in [0.3, 0.4) is 0 Å². The number of aliphatic imine (C=N–C) groups is 1. The fourth-order valence-electron chi connectivity index (χ4n) is 1.90. The standard InChI is InChI=1S/C13H8BrF3N6O/c14-6-1-2-9-20-8(5-23(9)4-6)7-3-19-12(21-10(7)24)22-11(18)13(15,16)17/h1-5H,(H3,18,19,21,22,24). The van der Waals surface area contributed by atoms with Gasteiger partial charge in [-0.05, 0) is 28.1 Å². The van der Waals surface area contributed by atoms with Gasteiger partial charge in [0.25, 0.3) is 5.56 Å². The van der Waals surface area contributed by atoms with Crippen molar-refractivity contribution in [2.24, 2.45) is 10.7 Å². The van der Waals surface area contributed by atoms with Crippen LogP contribution in [0.4, 0.5) is 19.1 Å². The molecule has 0 saturated heterocycles. The van der Waals surface area contributed by atoms with Crippen LogP contribution in [0.5, 0.6) is 0 Å². The van der Waals surface area contributed by atoms with Crippen molar-refractivity contribution in [3.8, 4) is 11.3 Å². The molecule has 0 bridgehead atoms. The van der Waals surface area contributed by atoms with E-state index < -0.39 is 23.5 Å². The maximum atomic E-state index is 12.3. The van der Waals surface area contributed by atoms with Gasteiger partial charge in [0, 0.05) is 23.1 Å². The molecule has 0 aromatic carbocycles. The number of halogens is 4. The average molecular weight is 401 g/mol. The maximum absolute atomic E-state index is 12.3. The molecule has 0 aliphatic heterocycles. The Balaban J connectivity index is 2.02. The molecule has 24 heavy (non-hydrogen) atoms. The first-order chi connectivity index (χ1) is 11.2. The van der Waals surface area contributed by atoms with Gasteiger partial charge in [-0.1, -0.05) is 0 Å². The number of aromatic amines is 1. The van der Waals surface area contributed by atoms with Crippen LogP contribution in [0.2, 0.25) is 0 Å². The first-order valence-corrected chi connectivity index (χ1v) is 7.18. The summed E-state index contributed by atoms with van der Waals surface area (Å²) < 4.78 is 39.5. The van der Waals surface area contributed by atoms with E-state index >= 15 is 0 Å². The number of rotatable bonds is 2. The van der Waals surface area contributed by atoms with E-state index in [0.717, 1.165) is 10.7 Å². The molecule has 3 heterocycles. The van der Waals surface area contributed by atoms with Crippen LogP contribution in [0.1, 0.15) is 0 Å². The minimum absolute atomic E-state index is 0.0966. The Kier molecular flexibility index (Phi) is 3.87. The topological polar surface area (TPSA) is 101 Å². The van der Waals surface area contributed by atoms with E-state index in [1.807, 2.05) is 0 Å². The van der Waals surface area contributed by atoms with Crippen molar-refractivity contribution in [3.05, 3.63) is 45.5 Å². The number of hydrogen-bond donors (Lipinski definition) is 2. The molecule has 0 aliphatic carbocycles. The van der Waals surface area contributed by atoms with Crippen LogP contribution in [0.25, 0.3) is 16.9 Å². The van der Waals surface area contributed by atoms with E-state index in [0.29, 0.717) is 11.3 Å². The summed E-state index contributed by atoms with van der Waals surface area (Å²) in [4.78, 5) is 25.2. The van der Waals surface area contributed by atoms with Crippen LogP contribution in [0.15, 0.2) is 45.0 Å². The second-order valence-electron chi connectivity index (χ2n) is 4.68. The summed E-state index contributed by atoms with van der Waals surface area (Å²) in [5.74, 6) is -2.14. The molecule has 3 N–H and O–H groups in total. The van der Waals surface area contributed by atoms with Crippen molar-refractivity contribution < 1.29 is 13.2 Å². The smallest absolute Gasteiger partial charge is 0.379 e. The highest BCUT2D eigenvalue weighted by Gasteiger charge is 2.33. The summed E-state index contributed by atoms with van der Waals surface area (Å²) in [6.45, 7) is 0. The predicted octanol–water partition coefficient (Wildman–Crippen LogP) is 2.40. The summed E-state index contributed by atoms with van der Waals surface area (Å²) in [7, 11) is 0. The molecule has 0 saturated carbocycles. The lowest BCUT2D eigenvalue weighted by Gasteiger charge is -2.04. The summed E-state index contributed by atoms with van der Waals surface area (Å²) in [6.07, 6.45) is -0.361. The molecule has 7 nitrogen and oxygen atoms in total. The lowest BCUT2D eigenvalue weighted by molar-refractivity contribution is -0.0598. The minimum atomic E-state index is -4.80. The van der Waals surface area contributed by atoms with Gasteiger partial charge in [0.2, 0.25) is 11.8 Å². The largest absolute Gasteiger partial charge is 0.449 e. The number of nitrogens with zero attached hydrogens (tertiary/aromatic N) is 4. The SMILES string of the molecule is NC(=Nc1ncc(-c2cn3cc(Br)ccc3n2)c(=O)[nH]1)C(F)(F)F. The van der Waals surface area contributed by atoms with Crippen LogP contribution in [0, 0.1) is 0 Å². The van der Waals surface area contributed by atoms with Crippen LogP contribution in [-0.2, 0) is 0 Å². The molecule has 0 amide bonds. The van der Waals surface area contributed by atoms with Gasteiger partial charge in [0.15, 0.2) is 0 Å². The second kappa shape index (κ2) is 5.74. The van der Waals surface area contributed by atoms with Gasteiger partial charge in [-0.2, -0.15) is 18.2 Å². The third kappa shape index (κ3) is 3.15. The fraction of sp³-hybridized carbons (Fsp3) is 0.0769. The first kappa shape index (κ1) is 16.2. The molecular formula is C13H8BrF3N6O. The number of imidazole rings is 1. The van der Waals surface area contributed by atoms with Crippen molar-refractivity contribution in [2.75, 3.05) is 0 Å². The molecule has 3 aromatic heterocycles. The van der Waals surface area contributed by atoms with E-state index in [9.17, 15) is 18.0 Å². The lowest BCUT2D eigenvalue weighted by atomic mass is 10.2. The number of amidine groups is 1. The quantitative estimate of drug-likeness (QED) is 0.509. The normalized spacial score (nSPS) is 12.8. The number of H-pyrrole nitrogens is 1. The van der Waals surface area contributed by atoms with Crippen LogP contribution in [-0.4, -0.2) is 31.4 Å². The Morgan fingerprint density at radius 2 is 2.08 bits per heavy atom. The van der Waals surface area contributed by atoms with Crippen molar-refractivity contribution in [3.63, 3.8) is 0 Å². The Labute approximate surface area is 140 Å². The number of aromatic nitrogens is 4. The molecule has 11 heteroatoms. The summed E-state index contributed by atoms with van der Waals surface area (Å²) in [5.41, 5.74) is 5.12. The van der Waals surface area contributed by atoms with Gasteiger partial charge in [-0.15, -0.1) is 0 Å². The second-order valence-corrected chi connectivity index (χ2v) is 5.60. The summed E-state index contributed by atoms with van der Waals surface area (Å²) in [5, 5.41) is 0. The van der Waals surface area contributed by atoms with Gasteiger partial charge >= 0.3 is 6.18 Å². The molecule has 0 fully saturated rings. The lowest BCUT2D eigenvalue weighted by Crippen LogP contribution is -2.31. The zero-order chi connectivity index (χ0) is 17.5. The van der Waals surface area contributed by atoms with E-state index in [2.05, 4.69) is 35.9 Å². The third-order valence-electron chi connectivity index (χ3n) is 2.99. The number of hydrogen-bond acceptors (Lipinski definition) is 4. The van der Waals surface area contributed by atoms with Gasteiger partial charge < -0.3 is 10.1 Å². The van der Waals surface area contributed by atoms with Crippen LogP contribution < -0.4 is 11.3 Å². The van der Waals surface area contributed by atoms with Crippen molar-refractivity contribution >= 4 is 33.4 Å². The highest BCUT2D eigenvalue weighted by Crippen LogP contribution is 2.19. The number of pyridine rings is 1. The van der Waals surface area contributed by atoms with Crippen molar-refractivity contribution in [1.29, 1.82) is 0 Å². The highest BCUT2D eigenvalue weighted by molar-refractivity contribution is 9.10. The average Bonchev–Trinajstić information content (AvgIpc) is 2.88. The Hall–Kier alpha value is -2.69. The molecular weight excluding hydrogens is 393 g/mol. The molecule has 0 atom stereocenters. The molecule has 0 unspecified atom stereocenters. The number of nitrogens with two attached hydrogens (primary N) is 1. The number of nitrogens with one attached hydrogen (secondary N) is 1. The summed E-state index contributed by atoms with van der Waals surface area (Å²) >= 11 is 3.31. The molecule has 3 rings (SSSR count). The highest BCUT2D eigenvalue weighted by atomic mass is 79.9. The molecule has 124 valence electrons. The van der Waals surface area contributed by atoms with Gasteiger partial charge in [0.05, 0.1) is 11.3 Å². The zero-order valence-corrected chi connectivity index (χ0v) is 13.3. The number of fused-ring (bicyclic) bond motifs is 1. The fourth-order valence-corrected chi connectivity index (χ4v) is 2.25. The maximum Gasteiger partial charge on any atom is 0.449 e. The monoisotopic (exact) mass is 400 g/mol. The van der Waals surface area contributed by atoms with E-state index in [1.54, 1.807) is 28.9 Å². The predicted molar refractivity (Wildman–Crippen MR) is 84.1 cm³/mol. The summed E-state index contributed by atoms with van der Waals surface area (Å²) in [6, 6.07) is 3.52. The zero-order valence-electron chi connectivity index (χ0n) is 11.7. The number of alkyl halides is 3. The third-order valence-corrected chi connectivity index (χ3v) is 3.46. The van der Waals surface area contributed by atoms with E-state index in [-0.39, 0.29) is 5.56 Å². The van der Waals surface area contributed by atoms with Gasteiger partial charge in [-0.25, -0.2) is 9.97 Å². The Morgan fingerprint density at radius 3 is 2.75 bits per heavy atom. The molecule has 0 spiro atoms. The van der Waals surface area contributed by atoms with Crippen LogP contribution >= 0.6 is 15.9 Å². The van der Waals surface area contributed by atoms with E-state index in [1.165, 1.54) is 0 Å². The molecule has 0 aliphatic rings. The molecule has 3 aromatic rings.